The topological polar surface area (TPSA) is 26.3 Å². The van der Waals surface area contributed by atoms with Gasteiger partial charge in [-0.05, 0) is 104 Å². The molecule has 5 rings (SSSR count). The Kier molecular flexibility index (Phi) is 5.38. The number of hydrogen-bond donors (Lipinski definition) is 0. The fraction of sp³-hybridized carbons (Fsp3) is 0.966. The lowest BCUT2D eigenvalue weighted by Gasteiger charge is -2.60. The molecule has 0 bridgehead atoms. The Labute approximate surface area is 191 Å². The van der Waals surface area contributed by atoms with E-state index in [2.05, 4.69) is 34.6 Å². The molecular weight excluding hydrogens is 380 g/mol. The summed E-state index contributed by atoms with van der Waals surface area (Å²) in [5, 5.41) is 0. The minimum absolute atomic E-state index is 0.0423. The molecule has 0 radical (unpaired) electrons. The van der Waals surface area contributed by atoms with Gasteiger partial charge in [0.05, 0.1) is 0 Å². The Hall–Kier alpha value is -0.530. The molecule has 2 nitrogen and oxygen atoms in total. The largest absolute Gasteiger partial charge is 0.462 e. The van der Waals surface area contributed by atoms with E-state index < -0.39 is 0 Å². The van der Waals surface area contributed by atoms with Gasteiger partial charge in [-0.25, -0.2) is 0 Å². The summed E-state index contributed by atoms with van der Waals surface area (Å²) in [6, 6.07) is 0. The molecule has 0 heterocycles. The second-order valence-electron chi connectivity index (χ2n) is 13.6. The van der Waals surface area contributed by atoms with Crippen molar-refractivity contribution < 1.29 is 9.53 Å². The van der Waals surface area contributed by atoms with Gasteiger partial charge >= 0.3 is 5.97 Å². The molecule has 2 heteroatoms. The van der Waals surface area contributed by atoms with Crippen LogP contribution in [0.15, 0.2) is 0 Å². The standard InChI is InChI=1S/C29H48O2/c1-18(2)8-7-9-19(3)23-10-11-24-22-16-26(31-20(4)30)29-17-21(29)12-15-28(29,6)25(22)13-14-27(23,24)5/h18-19,21-26H,7-17H2,1-6H3/t19?,21-,22?,23?,24?,25?,26?,27?,28?,29?/m1/s1. The van der Waals surface area contributed by atoms with Gasteiger partial charge in [-0.3, -0.25) is 4.79 Å². The quantitative estimate of drug-likeness (QED) is 0.406. The van der Waals surface area contributed by atoms with Crippen molar-refractivity contribution in [1.29, 1.82) is 0 Å². The van der Waals surface area contributed by atoms with Crippen LogP contribution in [0.2, 0.25) is 0 Å². The molecule has 0 aromatic heterocycles. The summed E-state index contributed by atoms with van der Waals surface area (Å²) in [7, 11) is 0. The average Bonchev–Trinajstić information content (AvgIpc) is 3.20. The number of rotatable bonds is 6. The first kappa shape index (κ1) is 22.3. The predicted octanol–water partition coefficient (Wildman–Crippen LogP) is 7.65. The Morgan fingerprint density at radius 2 is 1.77 bits per heavy atom. The lowest BCUT2D eigenvalue weighted by atomic mass is 9.45. The van der Waals surface area contributed by atoms with Crippen LogP contribution in [-0.2, 0) is 9.53 Å². The molecule has 5 aliphatic carbocycles. The third-order valence-electron chi connectivity index (χ3n) is 12.1. The molecule has 10 atom stereocenters. The minimum Gasteiger partial charge on any atom is -0.462 e. The first-order chi connectivity index (χ1) is 14.6. The number of ether oxygens (including phenoxy) is 1. The maximum atomic E-state index is 12.1. The highest BCUT2D eigenvalue weighted by atomic mass is 16.5. The van der Waals surface area contributed by atoms with Gasteiger partial charge in [0.1, 0.15) is 6.10 Å². The molecule has 0 saturated heterocycles. The van der Waals surface area contributed by atoms with E-state index in [-0.39, 0.29) is 12.1 Å². The van der Waals surface area contributed by atoms with Crippen LogP contribution in [0.3, 0.4) is 0 Å². The molecule has 5 saturated carbocycles. The van der Waals surface area contributed by atoms with Gasteiger partial charge in [0.15, 0.2) is 0 Å². The van der Waals surface area contributed by atoms with Gasteiger partial charge in [0, 0.05) is 12.3 Å². The van der Waals surface area contributed by atoms with Crippen LogP contribution in [0, 0.1) is 57.7 Å². The smallest absolute Gasteiger partial charge is 0.302 e. The van der Waals surface area contributed by atoms with Crippen LogP contribution in [0.4, 0.5) is 0 Å². The molecule has 9 unspecified atom stereocenters. The molecule has 5 aliphatic rings. The van der Waals surface area contributed by atoms with E-state index in [1.54, 1.807) is 6.92 Å². The maximum absolute atomic E-state index is 12.1. The molecule has 5 fully saturated rings. The summed E-state index contributed by atoms with van der Waals surface area (Å²) in [5.74, 6) is 5.91. The predicted molar refractivity (Wildman–Crippen MR) is 126 cm³/mol. The highest BCUT2D eigenvalue weighted by Gasteiger charge is 2.78. The lowest BCUT2D eigenvalue weighted by molar-refractivity contribution is -0.182. The zero-order valence-electron chi connectivity index (χ0n) is 21.2. The number of hydrogen-bond acceptors (Lipinski definition) is 2. The molecule has 0 aromatic rings. The second-order valence-corrected chi connectivity index (χ2v) is 13.6. The molecule has 0 amide bonds. The fourth-order valence-electron chi connectivity index (χ4n) is 10.7. The molecule has 31 heavy (non-hydrogen) atoms. The van der Waals surface area contributed by atoms with Gasteiger partial charge in [-0.15, -0.1) is 0 Å². The van der Waals surface area contributed by atoms with Crippen molar-refractivity contribution in [1.82, 2.24) is 0 Å². The minimum atomic E-state index is -0.0423. The average molecular weight is 429 g/mol. The summed E-state index contributed by atoms with van der Waals surface area (Å²) in [6.07, 6.45) is 15.4. The van der Waals surface area contributed by atoms with E-state index in [1.807, 2.05) is 0 Å². The lowest BCUT2D eigenvalue weighted by Crippen LogP contribution is -2.57. The fourth-order valence-corrected chi connectivity index (χ4v) is 10.7. The molecule has 0 N–H and O–H groups in total. The number of esters is 1. The van der Waals surface area contributed by atoms with E-state index in [0.29, 0.717) is 16.2 Å². The summed E-state index contributed by atoms with van der Waals surface area (Å²) >= 11 is 0. The van der Waals surface area contributed by atoms with Crippen molar-refractivity contribution >= 4 is 5.97 Å². The highest BCUT2D eigenvalue weighted by molar-refractivity contribution is 5.66. The Morgan fingerprint density at radius 1 is 1.00 bits per heavy atom. The monoisotopic (exact) mass is 428 g/mol. The van der Waals surface area contributed by atoms with Crippen LogP contribution in [-0.4, -0.2) is 12.1 Å². The zero-order chi connectivity index (χ0) is 22.2. The molecule has 1 spiro atoms. The van der Waals surface area contributed by atoms with Crippen molar-refractivity contribution in [3.05, 3.63) is 0 Å². The Bertz CT molecular complexity index is 714. The van der Waals surface area contributed by atoms with E-state index in [4.69, 9.17) is 4.74 Å². The Balaban J connectivity index is 1.37. The van der Waals surface area contributed by atoms with Crippen LogP contribution >= 0.6 is 0 Å². The van der Waals surface area contributed by atoms with E-state index in [0.717, 1.165) is 41.4 Å². The van der Waals surface area contributed by atoms with Crippen molar-refractivity contribution in [2.24, 2.45) is 57.7 Å². The van der Waals surface area contributed by atoms with Gasteiger partial charge in [-0.2, -0.15) is 0 Å². The van der Waals surface area contributed by atoms with Crippen molar-refractivity contribution in [2.75, 3.05) is 0 Å². The summed E-state index contributed by atoms with van der Waals surface area (Å²) < 4.78 is 6.16. The van der Waals surface area contributed by atoms with Crippen molar-refractivity contribution in [2.45, 2.75) is 118 Å². The first-order valence-electron chi connectivity index (χ1n) is 13.8. The van der Waals surface area contributed by atoms with Crippen molar-refractivity contribution in [3.8, 4) is 0 Å². The molecule has 0 aromatic carbocycles. The van der Waals surface area contributed by atoms with Crippen LogP contribution in [0.25, 0.3) is 0 Å². The molecular formula is C29H48O2. The molecule has 176 valence electrons. The second kappa shape index (κ2) is 7.49. The van der Waals surface area contributed by atoms with Gasteiger partial charge in [-0.1, -0.05) is 53.9 Å². The van der Waals surface area contributed by atoms with E-state index in [1.165, 1.54) is 70.6 Å². The molecule has 0 aliphatic heterocycles. The SMILES string of the molecule is CC(=O)OC1CC2C3CCC(C(C)CCCC(C)C)C3(C)CCC2C2(C)CC[C@@H]3CC132. The van der Waals surface area contributed by atoms with Crippen LogP contribution < -0.4 is 0 Å². The summed E-state index contributed by atoms with van der Waals surface area (Å²) in [5.41, 5.74) is 1.28. The summed E-state index contributed by atoms with van der Waals surface area (Å²) in [4.78, 5) is 12.1. The van der Waals surface area contributed by atoms with Crippen LogP contribution in [0.1, 0.15) is 112 Å². The first-order valence-corrected chi connectivity index (χ1v) is 13.8. The van der Waals surface area contributed by atoms with Gasteiger partial charge < -0.3 is 4.74 Å². The number of carbonyl (C=O) groups excluding carboxylic acids is 1. The Morgan fingerprint density at radius 3 is 2.45 bits per heavy atom. The zero-order valence-corrected chi connectivity index (χ0v) is 21.2. The van der Waals surface area contributed by atoms with Gasteiger partial charge in [0.2, 0.25) is 0 Å². The maximum Gasteiger partial charge on any atom is 0.302 e. The van der Waals surface area contributed by atoms with Crippen molar-refractivity contribution in [3.63, 3.8) is 0 Å². The summed E-state index contributed by atoms with van der Waals surface area (Å²) in [6.45, 7) is 14.2. The third-order valence-corrected chi connectivity index (χ3v) is 12.1. The van der Waals surface area contributed by atoms with E-state index >= 15 is 0 Å². The number of fused-ring (bicyclic) bond motifs is 4. The normalized spacial score (nSPS) is 50.9. The number of carbonyl (C=O) groups is 1. The van der Waals surface area contributed by atoms with Gasteiger partial charge in [0.25, 0.3) is 0 Å². The van der Waals surface area contributed by atoms with Crippen LogP contribution in [0.5, 0.6) is 0 Å². The van der Waals surface area contributed by atoms with E-state index in [9.17, 15) is 4.79 Å². The third kappa shape index (κ3) is 3.12. The highest BCUT2D eigenvalue weighted by Crippen LogP contribution is 2.82.